The maximum Gasteiger partial charge on any atom is 0.148 e. The number of rotatable bonds is 5. The molecule has 0 atom stereocenters. The predicted octanol–water partition coefficient (Wildman–Crippen LogP) is 4.10. The summed E-state index contributed by atoms with van der Waals surface area (Å²) in [6, 6.07) is 4.12. The molecular formula is C16H30Cl2N6. The van der Waals surface area contributed by atoms with E-state index in [4.69, 9.17) is 0 Å². The van der Waals surface area contributed by atoms with Crippen molar-refractivity contribution in [1.82, 2.24) is 20.4 Å². The highest BCUT2D eigenvalue weighted by Crippen LogP contribution is 2.22. The number of hydrogen-bond acceptors (Lipinski definition) is 4. The van der Waals surface area contributed by atoms with Crippen molar-refractivity contribution in [3.05, 3.63) is 23.5 Å². The molecule has 2 rings (SSSR count). The Morgan fingerprint density at radius 3 is 1.33 bits per heavy atom. The molecule has 2 heterocycles. The second-order valence-corrected chi connectivity index (χ2v) is 7.69. The van der Waals surface area contributed by atoms with Gasteiger partial charge >= 0.3 is 0 Å². The Kier molecular flexibility index (Phi) is 8.12. The van der Waals surface area contributed by atoms with E-state index < -0.39 is 0 Å². The van der Waals surface area contributed by atoms with Crippen LogP contribution in [-0.2, 0) is 10.8 Å². The Bertz CT molecular complexity index is 552. The lowest BCUT2D eigenvalue weighted by molar-refractivity contribution is 0.566. The molecule has 0 unspecified atom stereocenters. The van der Waals surface area contributed by atoms with Crippen molar-refractivity contribution < 1.29 is 0 Å². The zero-order valence-corrected chi connectivity index (χ0v) is 16.9. The molecular weight excluding hydrogens is 347 g/mol. The standard InChI is InChI=1S/C16H28N6.2ClH/c1-15(2,3)11-9-13(21-19-11)17-7-8-18-14-10-12(20-22-14)16(4,5)6;;/h9-10H,7-8H2,1-6H3,(H2,17,19,21)(H2,18,20,22);2*1H. The number of hydrogen-bond donors (Lipinski definition) is 4. The highest BCUT2D eigenvalue weighted by Gasteiger charge is 2.17. The minimum Gasteiger partial charge on any atom is -0.367 e. The van der Waals surface area contributed by atoms with Crippen molar-refractivity contribution in [3.8, 4) is 0 Å². The lowest BCUT2D eigenvalue weighted by Crippen LogP contribution is -2.14. The molecule has 0 bridgehead atoms. The van der Waals surface area contributed by atoms with E-state index in [2.05, 4.69) is 84.7 Å². The first-order chi connectivity index (χ1) is 10.2. The first-order valence-corrected chi connectivity index (χ1v) is 7.76. The van der Waals surface area contributed by atoms with Crippen LogP contribution in [0.25, 0.3) is 0 Å². The van der Waals surface area contributed by atoms with E-state index >= 15 is 0 Å². The number of halogens is 2. The molecule has 0 aliphatic rings. The number of H-pyrrole nitrogens is 2. The maximum atomic E-state index is 4.28. The fourth-order valence-electron chi connectivity index (χ4n) is 1.97. The Hall–Kier alpha value is -1.40. The van der Waals surface area contributed by atoms with E-state index in [1.54, 1.807) is 0 Å². The summed E-state index contributed by atoms with van der Waals surface area (Å²) < 4.78 is 0. The van der Waals surface area contributed by atoms with Crippen LogP contribution in [0.15, 0.2) is 12.1 Å². The Morgan fingerprint density at radius 2 is 1.08 bits per heavy atom. The predicted molar refractivity (Wildman–Crippen MR) is 106 cm³/mol. The van der Waals surface area contributed by atoms with Gasteiger partial charge in [-0.3, -0.25) is 10.2 Å². The van der Waals surface area contributed by atoms with Crippen LogP contribution < -0.4 is 10.6 Å². The summed E-state index contributed by atoms with van der Waals surface area (Å²) in [6.07, 6.45) is 0. The minimum atomic E-state index is 0. The van der Waals surface area contributed by atoms with E-state index in [1.165, 1.54) is 0 Å². The molecule has 0 aliphatic carbocycles. The maximum absolute atomic E-state index is 4.28. The quantitative estimate of drug-likeness (QED) is 0.592. The van der Waals surface area contributed by atoms with Crippen molar-refractivity contribution >= 4 is 36.4 Å². The van der Waals surface area contributed by atoms with Crippen LogP contribution in [0, 0.1) is 0 Å². The second kappa shape index (κ2) is 8.62. The molecule has 0 aliphatic heterocycles. The molecule has 0 aromatic carbocycles. The molecule has 0 amide bonds. The fourth-order valence-corrected chi connectivity index (χ4v) is 1.97. The van der Waals surface area contributed by atoms with Crippen molar-refractivity contribution in [2.24, 2.45) is 0 Å². The van der Waals surface area contributed by atoms with Gasteiger partial charge in [0.25, 0.3) is 0 Å². The average Bonchev–Trinajstić information content (AvgIpc) is 3.02. The Morgan fingerprint density at radius 1 is 0.750 bits per heavy atom. The Labute approximate surface area is 156 Å². The molecule has 0 radical (unpaired) electrons. The monoisotopic (exact) mass is 376 g/mol. The molecule has 2 aromatic rings. The third-order valence-corrected chi connectivity index (χ3v) is 3.51. The van der Waals surface area contributed by atoms with Crippen LogP contribution in [0.4, 0.5) is 11.6 Å². The molecule has 4 N–H and O–H groups in total. The summed E-state index contributed by atoms with van der Waals surface area (Å²) in [5.74, 6) is 1.76. The summed E-state index contributed by atoms with van der Waals surface area (Å²) in [5, 5.41) is 21.3. The highest BCUT2D eigenvalue weighted by atomic mass is 35.5. The number of nitrogens with one attached hydrogen (secondary N) is 4. The lowest BCUT2D eigenvalue weighted by atomic mass is 9.92. The number of anilines is 2. The van der Waals surface area contributed by atoms with Gasteiger partial charge in [-0.05, 0) is 0 Å². The van der Waals surface area contributed by atoms with Gasteiger partial charge in [-0.25, -0.2) is 0 Å². The first-order valence-electron chi connectivity index (χ1n) is 7.76. The van der Waals surface area contributed by atoms with Gasteiger partial charge in [0.05, 0.1) is 0 Å². The molecule has 24 heavy (non-hydrogen) atoms. The highest BCUT2D eigenvalue weighted by molar-refractivity contribution is 5.85. The van der Waals surface area contributed by atoms with E-state index in [-0.39, 0.29) is 35.6 Å². The third kappa shape index (κ3) is 6.24. The van der Waals surface area contributed by atoms with Crippen LogP contribution in [0.1, 0.15) is 52.9 Å². The number of nitrogens with zero attached hydrogens (tertiary/aromatic N) is 2. The second-order valence-electron chi connectivity index (χ2n) is 7.69. The van der Waals surface area contributed by atoms with Crippen molar-refractivity contribution in [3.63, 3.8) is 0 Å². The smallest absolute Gasteiger partial charge is 0.148 e. The normalized spacial score (nSPS) is 11.4. The van der Waals surface area contributed by atoms with E-state index in [0.29, 0.717) is 0 Å². The third-order valence-electron chi connectivity index (χ3n) is 3.51. The van der Waals surface area contributed by atoms with Gasteiger partial charge in [-0.15, -0.1) is 24.8 Å². The molecule has 0 saturated carbocycles. The summed E-state index contributed by atoms with van der Waals surface area (Å²) in [7, 11) is 0. The van der Waals surface area contributed by atoms with Gasteiger partial charge in [-0.1, -0.05) is 41.5 Å². The summed E-state index contributed by atoms with van der Waals surface area (Å²) in [4.78, 5) is 0. The first kappa shape index (κ1) is 22.6. The average molecular weight is 377 g/mol. The van der Waals surface area contributed by atoms with Crippen LogP contribution in [0.2, 0.25) is 0 Å². The molecule has 6 nitrogen and oxygen atoms in total. The van der Waals surface area contributed by atoms with E-state index in [1.807, 2.05) is 0 Å². The summed E-state index contributed by atoms with van der Waals surface area (Å²) >= 11 is 0. The van der Waals surface area contributed by atoms with Crippen LogP contribution in [0.3, 0.4) is 0 Å². The number of aromatic nitrogens is 4. The number of aromatic amines is 2. The topological polar surface area (TPSA) is 81.4 Å². The zero-order chi connectivity index (χ0) is 16.4. The molecule has 0 spiro atoms. The largest absolute Gasteiger partial charge is 0.367 e. The van der Waals surface area contributed by atoms with Crippen LogP contribution >= 0.6 is 24.8 Å². The van der Waals surface area contributed by atoms with Gasteiger partial charge < -0.3 is 10.6 Å². The van der Waals surface area contributed by atoms with E-state index in [9.17, 15) is 0 Å². The van der Waals surface area contributed by atoms with Gasteiger partial charge in [0.2, 0.25) is 0 Å². The SMILES string of the molecule is CC(C)(C)c1cc(NCCNc2cc(C(C)(C)C)[nH]n2)n[nH]1.Cl.Cl. The van der Waals surface area contributed by atoms with Crippen molar-refractivity contribution in [1.29, 1.82) is 0 Å². The van der Waals surface area contributed by atoms with Gasteiger partial charge in [0, 0.05) is 47.4 Å². The molecule has 0 saturated heterocycles. The van der Waals surface area contributed by atoms with Crippen LogP contribution in [-0.4, -0.2) is 33.5 Å². The van der Waals surface area contributed by atoms with Crippen molar-refractivity contribution in [2.45, 2.75) is 52.4 Å². The molecule has 8 heteroatoms. The molecule has 2 aromatic heterocycles. The summed E-state index contributed by atoms with van der Waals surface area (Å²) in [6.45, 7) is 14.5. The minimum absolute atomic E-state index is 0. The van der Waals surface area contributed by atoms with Gasteiger partial charge in [0.15, 0.2) is 0 Å². The van der Waals surface area contributed by atoms with Crippen molar-refractivity contribution in [2.75, 3.05) is 23.7 Å². The fraction of sp³-hybridized carbons (Fsp3) is 0.625. The zero-order valence-electron chi connectivity index (χ0n) is 15.3. The lowest BCUT2D eigenvalue weighted by Gasteiger charge is -2.14. The van der Waals surface area contributed by atoms with Gasteiger partial charge in [-0.2, -0.15) is 10.2 Å². The molecule has 0 fully saturated rings. The van der Waals surface area contributed by atoms with E-state index in [0.717, 1.165) is 36.1 Å². The van der Waals surface area contributed by atoms with Crippen LogP contribution in [0.5, 0.6) is 0 Å². The Balaban J connectivity index is 0.00000264. The molecule has 138 valence electrons. The summed E-state index contributed by atoms with van der Waals surface area (Å²) in [5.41, 5.74) is 2.43. The van der Waals surface area contributed by atoms with Gasteiger partial charge in [0.1, 0.15) is 11.6 Å².